The number of hydrogen-bond acceptors (Lipinski definition) is 3. The Morgan fingerprint density at radius 2 is 2.53 bits per heavy atom. The lowest BCUT2D eigenvalue weighted by Gasteiger charge is -2.27. The molecule has 1 aliphatic heterocycles. The third-order valence-corrected chi connectivity index (χ3v) is 4.19. The molecular weight excluding hydrogens is 232 g/mol. The van der Waals surface area contributed by atoms with E-state index in [1.807, 2.05) is 11.8 Å². The number of nitrogens with zero attached hydrogens (tertiary/aromatic N) is 1. The van der Waals surface area contributed by atoms with Crippen molar-refractivity contribution in [2.75, 3.05) is 13.1 Å². The highest BCUT2D eigenvalue weighted by molar-refractivity contribution is 7.07. The number of likely N-dealkylation sites (tertiary alicyclic amines) is 1. The zero-order chi connectivity index (χ0) is 12.3. The fourth-order valence-electron chi connectivity index (χ4n) is 2.50. The van der Waals surface area contributed by atoms with E-state index in [2.05, 4.69) is 16.8 Å². The smallest absolute Gasteiger partial charge is 0.225 e. The van der Waals surface area contributed by atoms with Gasteiger partial charge in [-0.2, -0.15) is 11.3 Å². The van der Waals surface area contributed by atoms with Crippen LogP contribution in [0.5, 0.6) is 0 Å². The zero-order valence-electron chi connectivity index (χ0n) is 10.3. The van der Waals surface area contributed by atoms with Crippen LogP contribution in [0.1, 0.15) is 37.8 Å². The predicted octanol–water partition coefficient (Wildman–Crippen LogP) is 2.40. The molecule has 0 aliphatic carbocycles. The van der Waals surface area contributed by atoms with E-state index in [0.29, 0.717) is 12.6 Å². The van der Waals surface area contributed by atoms with Crippen molar-refractivity contribution < 1.29 is 4.79 Å². The highest BCUT2D eigenvalue weighted by Crippen LogP contribution is 2.34. The van der Waals surface area contributed by atoms with Gasteiger partial charge in [-0.25, -0.2) is 0 Å². The first kappa shape index (κ1) is 12.6. The predicted molar refractivity (Wildman–Crippen MR) is 70.8 cm³/mol. The normalized spacial score (nSPS) is 21.8. The van der Waals surface area contributed by atoms with Gasteiger partial charge in [0.1, 0.15) is 0 Å². The molecule has 2 heterocycles. The van der Waals surface area contributed by atoms with E-state index in [1.165, 1.54) is 5.56 Å². The molecule has 94 valence electrons. The number of carbonyl (C=O) groups excluding carboxylic acids is 1. The van der Waals surface area contributed by atoms with E-state index < -0.39 is 0 Å². The van der Waals surface area contributed by atoms with Gasteiger partial charge in [-0.3, -0.25) is 4.79 Å². The van der Waals surface area contributed by atoms with Gasteiger partial charge in [0.05, 0.1) is 6.04 Å². The highest BCUT2D eigenvalue weighted by atomic mass is 32.1. The summed E-state index contributed by atoms with van der Waals surface area (Å²) in [5.74, 6) is 0.323. The average Bonchev–Trinajstić information content (AvgIpc) is 2.98. The summed E-state index contributed by atoms with van der Waals surface area (Å²) in [6.07, 6.45) is 2.99. The molecule has 3 nitrogen and oxygen atoms in total. The van der Waals surface area contributed by atoms with Crippen molar-refractivity contribution >= 4 is 17.2 Å². The minimum absolute atomic E-state index is 0.0548. The SMILES string of the molecule is CC(CCN)C(=O)N1CCCC1c1ccsc1. The van der Waals surface area contributed by atoms with Gasteiger partial charge in [-0.15, -0.1) is 0 Å². The molecule has 17 heavy (non-hydrogen) atoms. The van der Waals surface area contributed by atoms with Crippen LogP contribution in [0.2, 0.25) is 0 Å². The maximum absolute atomic E-state index is 12.3. The number of nitrogens with two attached hydrogens (primary N) is 1. The second-order valence-corrected chi connectivity index (χ2v) is 5.50. The summed E-state index contributed by atoms with van der Waals surface area (Å²) >= 11 is 1.70. The second-order valence-electron chi connectivity index (χ2n) is 4.72. The maximum atomic E-state index is 12.3. The first-order valence-corrected chi connectivity index (χ1v) is 7.21. The Hall–Kier alpha value is -0.870. The van der Waals surface area contributed by atoms with E-state index in [-0.39, 0.29) is 11.8 Å². The summed E-state index contributed by atoms with van der Waals surface area (Å²) in [5.41, 5.74) is 6.82. The Kier molecular flexibility index (Phi) is 4.18. The lowest BCUT2D eigenvalue weighted by Crippen LogP contribution is -2.35. The molecular formula is C13H20N2OS. The number of thiophene rings is 1. The van der Waals surface area contributed by atoms with Crippen molar-refractivity contribution in [3.63, 3.8) is 0 Å². The van der Waals surface area contributed by atoms with Gasteiger partial charge in [0.2, 0.25) is 5.91 Å². The lowest BCUT2D eigenvalue weighted by atomic mass is 10.0. The number of rotatable bonds is 4. The van der Waals surface area contributed by atoms with Gasteiger partial charge in [-0.05, 0) is 48.2 Å². The monoisotopic (exact) mass is 252 g/mol. The van der Waals surface area contributed by atoms with E-state index >= 15 is 0 Å². The van der Waals surface area contributed by atoms with Crippen molar-refractivity contribution in [2.45, 2.75) is 32.2 Å². The third kappa shape index (κ3) is 2.69. The Morgan fingerprint density at radius 1 is 1.71 bits per heavy atom. The van der Waals surface area contributed by atoms with Crippen LogP contribution in [0.25, 0.3) is 0 Å². The van der Waals surface area contributed by atoms with Crippen molar-refractivity contribution in [3.8, 4) is 0 Å². The zero-order valence-corrected chi connectivity index (χ0v) is 11.1. The fraction of sp³-hybridized carbons (Fsp3) is 0.615. The van der Waals surface area contributed by atoms with Crippen molar-refractivity contribution in [3.05, 3.63) is 22.4 Å². The minimum atomic E-state index is 0.0548. The Labute approximate surface area is 107 Å². The Bertz CT molecular complexity index is 364. The van der Waals surface area contributed by atoms with Crippen LogP contribution in [0, 0.1) is 5.92 Å². The van der Waals surface area contributed by atoms with Crippen molar-refractivity contribution in [2.24, 2.45) is 11.7 Å². The highest BCUT2D eigenvalue weighted by Gasteiger charge is 2.32. The molecule has 0 saturated carbocycles. The standard InChI is InChI=1S/C13H20N2OS/c1-10(4-6-14)13(16)15-7-2-3-12(15)11-5-8-17-9-11/h5,8-10,12H,2-4,6-7,14H2,1H3. The number of carbonyl (C=O) groups is 1. The van der Waals surface area contributed by atoms with E-state index in [9.17, 15) is 4.79 Å². The minimum Gasteiger partial charge on any atom is -0.335 e. The van der Waals surface area contributed by atoms with E-state index in [4.69, 9.17) is 5.73 Å². The van der Waals surface area contributed by atoms with Crippen LogP contribution < -0.4 is 5.73 Å². The first-order valence-electron chi connectivity index (χ1n) is 6.26. The van der Waals surface area contributed by atoms with Gasteiger partial charge in [0.25, 0.3) is 0 Å². The van der Waals surface area contributed by atoms with E-state index in [0.717, 1.165) is 25.8 Å². The molecule has 0 radical (unpaired) electrons. The van der Waals surface area contributed by atoms with Crippen molar-refractivity contribution in [1.29, 1.82) is 0 Å². The molecule has 0 aromatic carbocycles. The molecule has 2 N–H and O–H groups in total. The quantitative estimate of drug-likeness (QED) is 0.894. The van der Waals surface area contributed by atoms with Crippen molar-refractivity contribution in [1.82, 2.24) is 4.90 Å². The summed E-state index contributed by atoms with van der Waals surface area (Å²) in [5, 5.41) is 4.24. The molecule has 1 saturated heterocycles. The fourth-order valence-corrected chi connectivity index (χ4v) is 3.21. The lowest BCUT2D eigenvalue weighted by molar-refractivity contribution is -0.136. The summed E-state index contributed by atoms with van der Waals surface area (Å²) in [4.78, 5) is 14.4. The molecule has 2 rings (SSSR count). The van der Waals surface area contributed by atoms with Crippen LogP contribution in [-0.4, -0.2) is 23.9 Å². The van der Waals surface area contributed by atoms with Crippen LogP contribution in [0.3, 0.4) is 0 Å². The first-order chi connectivity index (χ1) is 8.24. The summed E-state index contributed by atoms with van der Waals surface area (Å²) in [7, 11) is 0. The van der Waals surface area contributed by atoms with Gasteiger partial charge in [-0.1, -0.05) is 6.92 Å². The summed E-state index contributed by atoms with van der Waals surface area (Å²) in [6, 6.07) is 2.43. The number of amides is 1. The molecule has 4 heteroatoms. The van der Waals surface area contributed by atoms with Crippen LogP contribution in [-0.2, 0) is 4.79 Å². The summed E-state index contributed by atoms with van der Waals surface area (Å²) < 4.78 is 0. The van der Waals surface area contributed by atoms with Gasteiger partial charge < -0.3 is 10.6 Å². The molecule has 2 unspecified atom stereocenters. The molecule has 1 amide bonds. The molecule has 1 aliphatic rings. The third-order valence-electron chi connectivity index (χ3n) is 3.49. The topological polar surface area (TPSA) is 46.3 Å². The molecule has 1 fully saturated rings. The van der Waals surface area contributed by atoms with Gasteiger partial charge >= 0.3 is 0 Å². The molecule has 1 aromatic heterocycles. The summed E-state index contributed by atoms with van der Waals surface area (Å²) in [6.45, 7) is 3.47. The Morgan fingerprint density at radius 3 is 3.18 bits per heavy atom. The Balaban J connectivity index is 2.07. The van der Waals surface area contributed by atoms with Crippen LogP contribution in [0.15, 0.2) is 16.8 Å². The average molecular weight is 252 g/mol. The molecule has 2 atom stereocenters. The molecule has 1 aromatic rings. The van der Waals surface area contributed by atoms with Gasteiger partial charge in [0.15, 0.2) is 0 Å². The largest absolute Gasteiger partial charge is 0.335 e. The van der Waals surface area contributed by atoms with Gasteiger partial charge in [0, 0.05) is 12.5 Å². The maximum Gasteiger partial charge on any atom is 0.225 e. The molecule has 0 bridgehead atoms. The van der Waals surface area contributed by atoms with Crippen LogP contribution >= 0.6 is 11.3 Å². The number of hydrogen-bond donors (Lipinski definition) is 1. The van der Waals surface area contributed by atoms with E-state index in [1.54, 1.807) is 11.3 Å². The molecule has 0 spiro atoms. The second kappa shape index (κ2) is 5.65. The van der Waals surface area contributed by atoms with Crippen LogP contribution in [0.4, 0.5) is 0 Å².